The van der Waals surface area contributed by atoms with Gasteiger partial charge in [0.2, 0.25) is 0 Å². The van der Waals surface area contributed by atoms with Gasteiger partial charge >= 0.3 is 0 Å². The topological polar surface area (TPSA) is 38.5 Å². The first-order valence-corrected chi connectivity index (χ1v) is 7.15. The third-order valence-electron chi connectivity index (χ3n) is 4.11. The Balaban J connectivity index is 2.40. The second kappa shape index (κ2) is 8.06. The van der Waals surface area contributed by atoms with E-state index in [0.29, 0.717) is 12.1 Å². The second-order valence-electron chi connectivity index (χ2n) is 5.54. The zero-order chi connectivity index (χ0) is 12.7. The minimum Gasteiger partial charge on any atom is -0.383 e. The Kier molecular flexibility index (Phi) is 7.09. The van der Waals surface area contributed by atoms with Gasteiger partial charge in [0.25, 0.3) is 0 Å². The summed E-state index contributed by atoms with van der Waals surface area (Å²) in [7, 11) is 1.78. The molecule has 1 aliphatic rings. The summed E-state index contributed by atoms with van der Waals surface area (Å²) in [6, 6.07) is 1.10. The Morgan fingerprint density at radius 2 is 2.18 bits per heavy atom. The SMILES string of the molecule is CCC(C)N(CCOC)CC1CCCC(N)C1. The molecule has 0 saturated heterocycles. The van der Waals surface area contributed by atoms with Gasteiger partial charge in [-0.25, -0.2) is 0 Å². The van der Waals surface area contributed by atoms with Gasteiger partial charge in [-0.3, -0.25) is 4.90 Å². The van der Waals surface area contributed by atoms with E-state index >= 15 is 0 Å². The molecule has 3 unspecified atom stereocenters. The van der Waals surface area contributed by atoms with E-state index in [2.05, 4.69) is 18.7 Å². The van der Waals surface area contributed by atoms with Crippen molar-refractivity contribution in [1.82, 2.24) is 4.90 Å². The summed E-state index contributed by atoms with van der Waals surface area (Å²) in [6.45, 7) is 7.67. The molecule has 17 heavy (non-hydrogen) atoms. The molecule has 3 nitrogen and oxygen atoms in total. The summed E-state index contributed by atoms with van der Waals surface area (Å²) in [5, 5.41) is 0. The van der Waals surface area contributed by atoms with E-state index in [1.165, 1.54) is 38.6 Å². The number of nitrogens with zero attached hydrogens (tertiary/aromatic N) is 1. The minimum atomic E-state index is 0.440. The average Bonchev–Trinajstić information content (AvgIpc) is 2.33. The molecule has 0 aromatic heterocycles. The van der Waals surface area contributed by atoms with Crippen molar-refractivity contribution in [3.63, 3.8) is 0 Å². The van der Waals surface area contributed by atoms with Crippen LogP contribution >= 0.6 is 0 Å². The van der Waals surface area contributed by atoms with Crippen molar-refractivity contribution >= 4 is 0 Å². The van der Waals surface area contributed by atoms with Gasteiger partial charge in [-0.15, -0.1) is 0 Å². The summed E-state index contributed by atoms with van der Waals surface area (Å²) < 4.78 is 5.21. The van der Waals surface area contributed by atoms with E-state index in [0.717, 1.165) is 19.1 Å². The fraction of sp³-hybridized carbons (Fsp3) is 1.00. The van der Waals surface area contributed by atoms with Gasteiger partial charge in [-0.05, 0) is 38.5 Å². The molecular weight excluding hydrogens is 212 g/mol. The molecule has 0 aliphatic heterocycles. The summed E-state index contributed by atoms with van der Waals surface area (Å²) in [4.78, 5) is 2.58. The van der Waals surface area contributed by atoms with Crippen molar-refractivity contribution < 1.29 is 4.74 Å². The van der Waals surface area contributed by atoms with Crippen molar-refractivity contribution in [3.8, 4) is 0 Å². The van der Waals surface area contributed by atoms with E-state index in [1.807, 2.05) is 0 Å². The van der Waals surface area contributed by atoms with E-state index in [-0.39, 0.29) is 0 Å². The molecule has 1 rings (SSSR count). The lowest BCUT2D eigenvalue weighted by atomic mass is 9.85. The van der Waals surface area contributed by atoms with Crippen LogP contribution < -0.4 is 5.73 Å². The molecule has 0 radical (unpaired) electrons. The van der Waals surface area contributed by atoms with Crippen molar-refractivity contribution in [3.05, 3.63) is 0 Å². The molecule has 1 fully saturated rings. The fourth-order valence-corrected chi connectivity index (χ4v) is 2.79. The molecule has 1 aliphatic carbocycles. The Morgan fingerprint density at radius 3 is 2.76 bits per heavy atom. The quantitative estimate of drug-likeness (QED) is 0.744. The summed E-state index contributed by atoms with van der Waals surface area (Å²) in [5.41, 5.74) is 6.07. The lowest BCUT2D eigenvalue weighted by molar-refractivity contribution is 0.0999. The Morgan fingerprint density at radius 1 is 1.41 bits per heavy atom. The molecule has 102 valence electrons. The standard InChI is InChI=1S/C14H30N2O/c1-4-12(2)16(8-9-17-3)11-13-6-5-7-14(15)10-13/h12-14H,4-11,15H2,1-3H3. The van der Waals surface area contributed by atoms with Crippen LogP contribution in [0.4, 0.5) is 0 Å². The van der Waals surface area contributed by atoms with Crippen LogP contribution in [0.5, 0.6) is 0 Å². The number of methoxy groups -OCH3 is 1. The monoisotopic (exact) mass is 242 g/mol. The number of hydrogen-bond donors (Lipinski definition) is 1. The minimum absolute atomic E-state index is 0.440. The number of ether oxygens (including phenoxy) is 1. The number of nitrogens with two attached hydrogens (primary N) is 1. The number of rotatable bonds is 7. The first kappa shape index (κ1) is 14.9. The lowest BCUT2D eigenvalue weighted by Crippen LogP contribution is -2.41. The predicted octanol–water partition coefficient (Wildman–Crippen LogP) is 2.25. The molecule has 0 heterocycles. The van der Waals surface area contributed by atoms with E-state index in [1.54, 1.807) is 7.11 Å². The van der Waals surface area contributed by atoms with Gasteiger partial charge in [0.1, 0.15) is 0 Å². The highest BCUT2D eigenvalue weighted by Gasteiger charge is 2.23. The zero-order valence-electron chi connectivity index (χ0n) is 11.8. The molecule has 2 N–H and O–H groups in total. The molecule has 0 amide bonds. The molecule has 0 aromatic carbocycles. The van der Waals surface area contributed by atoms with Crippen LogP contribution in [0.1, 0.15) is 46.0 Å². The highest BCUT2D eigenvalue weighted by atomic mass is 16.5. The maximum absolute atomic E-state index is 6.07. The summed E-state index contributed by atoms with van der Waals surface area (Å²) in [6.07, 6.45) is 6.30. The average molecular weight is 242 g/mol. The smallest absolute Gasteiger partial charge is 0.0589 e. The zero-order valence-corrected chi connectivity index (χ0v) is 11.8. The van der Waals surface area contributed by atoms with Crippen LogP contribution in [0.15, 0.2) is 0 Å². The van der Waals surface area contributed by atoms with Crippen molar-refractivity contribution in [2.75, 3.05) is 26.8 Å². The molecule has 0 bridgehead atoms. The van der Waals surface area contributed by atoms with Crippen molar-refractivity contribution in [2.24, 2.45) is 11.7 Å². The summed E-state index contributed by atoms with van der Waals surface area (Å²) >= 11 is 0. The third-order valence-corrected chi connectivity index (χ3v) is 4.11. The molecule has 0 spiro atoms. The predicted molar refractivity (Wildman–Crippen MR) is 73.1 cm³/mol. The van der Waals surface area contributed by atoms with Crippen LogP contribution in [0.25, 0.3) is 0 Å². The molecule has 3 heteroatoms. The van der Waals surface area contributed by atoms with Gasteiger partial charge < -0.3 is 10.5 Å². The maximum atomic E-state index is 6.07. The van der Waals surface area contributed by atoms with Crippen LogP contribution in [0.2, 0.25) is 0 Å². The van der Waals surface area contributed by atoms with E-state index in [4.69, 9.17) is 10.5 Å². The van der Waals surface area contributed by atoms with Gasteiger partial charge in [-0.1, -0.05) is 13.3 Å². The van der Waals surface area contributed by atoms with Crippen molar-refractivity contribution in [2.45, 2.75) is 58.0 Å². The fourth-order valence-electron chi connectivity index (χ4n) is 2.79. The normalized spacial score (nSPS) is 27.4. The largest absolute Gasteiger partial charge is 0.383 e. The van der Waals surface area contributed by atoms with Gasteiger partial charge in [-0.2, -0.15) is 0 Å². The second-order valence-corrected chi connectivity index (χ2v) is 5.54. The lowest BCUT2D eigenvalue weighted by Gasteiger charge is -2.35. The van der Waals surface area contributed by atoms with Crippen LogP contribution in [0, 0.1) is 5.92 Å². The Hall–Kier alpha value is -0.120. The molecule has 0 aromatic rings. The van der Waals surface area contributed by atoms with Crippen LogP contribution in [-0.4, -0.2) is 43.8 Å². The first-order chi connectivity index (χ1) is 8.17. The Bertz CT molecular complexity index is 199. The van der Waals surface area contributed by atoms with Gasteiger partial charge in [0.15, 0.2) is 0 Å². The summed E-state index contributed by atoms with van der Waals surface area (Å²) in [5.74, 6) is 0.796. The molecule has 3 atom stereocenters. The maximum Gasteiger partial charge on any atom is 0.0589 e. The first-order valence-electron chi connectivity index (χ1n) is 7.15. The molecule has 1 saturated carbocycles. The van der Waals surface area contributed by atoms with Crippen LogP contribution in [-0.2, 0) is 4.74 Å². The Labute approximate surface area is 107 Å². The highest BCUT2D eigenvalue weighted by molar-refractivity contribution is 4.79. The highest BCUT2D eigenvalue weighted by Crippen LogP contribution is 2.24. The van der Waals surface area contributed by atoms with Gasteiger partial charge in [0, 0.05) is 32.3 Å². The number of hydrogen-bond acceptors (Lipinski definition) is 3. The van der Waals surface area contributed by atoms with Crippen LogP contribution in [0.3, 0.4) is 0 Å². The molecular formula is C14H30N2O. The van der Waals surface area contributed by atoms with E-state index < -0.39 is 0 Å². The van der Waals surface area contributed by atoms with E-state index in [9.17, 15) is 0 Å². The van der Waals surface area contributed by atoms with Gasteiger partial charge in [0.05, 0.1) is 6.61 Å². The van der Waals surface area contributed by atoms with Crippen molar-refractivity contribution in [1.29, 1.82) is 0 Å². The third kappa shape index (κ3) is 5.36.